The number of aliphatic hydroxyl groups excluding tert-OH is 1. The van der Waals surface area contributed by atoms with Gasteiger partial charge >= 0.3 is 11.9 Å². The molecule has 84 heavy (non-hydrogen) atoms. The van der Waals surface area contributed by atoms with Gasteiger partial charge in [0.05, 0.1) is 67.8 Å². The number of carboxylic acid groups (broad SMARTS) is 1. The normalized spacial score (nSPS) is 11.9. The van der Waals surface area contributed by atoms with Crippen molar-refractivity contribution in [2.45, 2.75) is 129 Å². The number of carbonyl (C=O) groups is 2. The molecule has 4 aromatic rings. The molecule has 0 unspecified atom stereocenters. The van der Waals surface area contributed by atoms with E-state index >= 15 is 0 Å². The summed E-state index contributed by atoms with van der Waals surface area (Å²) in [5, 5.41) is 17.4. The molecule has 0 atom stereocenters. The van der Waals surface area contributed by atoms with Gasteiger partial charge in [0.25, 0.3) is 9.05 Å². The van der Waals surface area contributed by atoms with Crippen LogP contribution in [0.25, 0.3) is 0 Å². The van der Waals surface area contributed by atoms with Crippen molar-refractivity contribution in [3.63, 3.8) is 0 Å². The standard InChI is InChI=1S/C19H31NO6S.C15H23NO6S.C13H21NO4S.C10H13ClO3S/c1-13-11-16(24-8)14(2)15(3)18(13)27(22,23)20(7)9-10-25-12-17(21)26-19(4,5)6;1-10-8-13(21-5)11(2)12(3)15(10)23(19,20)16(4)6-7-22-9-14(17)18;1-9-8-12(18-5)10(2)11(3)13(9)19(16,17)14(4)6-7-15;1-6-5-9(14-4)7(2)8(3)10(6)15(11,12)13/h11H,9-10,12H2,1-8H3;8H,6-7,9H2,1-5H3,(H,17,18);8,15H,6-7H2,1-5H3;5H,1-4H3. The van der Waals surface area contributed by atoms with Gasteiger partial charge in [0.2, 0.25) is 30.1 Å². The van der Waals surface area contributed by atoms with E-state index in [-0.39, 0.29) is 60.7 Å². The molecule has 0 aliphatic rings. The molecule has 22 nitrogen and oxygen atoms in total. The molecule has 27 heteroatoms. The van der Waals surface area contributed by atoms with Crippen molar-refractivity contribution in [3.8, 4) is 23.0 Å². The van der Waals surface area contributed by atoms with E-state index in [9.17, 15) is 43.3 Å². The number of hydrogen-bond acceptors (Lipinski definition) is 18. The molecule has 0 radical (unpaired) electrons. The minimum atomic E-state index is -3.70. The van der Waals surface area contributed by atoms with Gasteiger partial charge in [-0.2, -0.15) is 12.9 Å². The van der Waals surface area contributed by atoms with Gasteiger partial charge in [0.1, 0.15) is 41.8 Å². The maximum atomic E-state index is 13.0. The Balaban J connectivity index is 0.000000571. The average Bonchev–Trinajstić information content (AvgIpc) is 2.30. The number of rotatable bonds is 23. The minimum absolute atomic E-state index is 0.00919. The second-order valence-electron chi connectivity index (χ2n) is 20.6. The van der Waals surface area contributed by atoms with Gasteiger partial charge < -0.3 is 43.4 Å². The Morgan fingerprint density at radius 3 is 0.976 bits per heavy atom. The van der Waals surface area contributed by atoms with E-state index in [1.807, 2.05) is 20.8 Å². The monoisotopic (exact) mass is 1280 g/mol. The number of hydrogen-bond donors (Lipinski definition) is 2. The molecule has 4 aromatic carbocycles. The lowest BCUT2D eigenvalue weighted by Crippen LogP contribution is -2.32. The molecule has 0 amide bonds. The number of carboxylic acids is 1. The van der Waals surface area contributed by atoms with Crippen molar-refractivity contribution in [3.05, 3.63) is 91.0 Å². The lowest BCUT2D eigenvalue weighted by Gasteiger charge is -2.22. The van der Waals surface area contributed by atoms with E-state index in [0.29, 0.717) is 72.4 Å². The van der Waals surface area contributed by atoms with Crippen LogP contribution in [0.5, 0.6) is 23.0 Å². The summed E-state index contributed by atoms with van der Waals surface area (Å²) in [5.41, 5.74) is 7.67. The summed E-state index contributed by atoms with van der Waals surface area (Å²) in [4.78, 5) is 23.0. The number of ether oxygens (including phenoxy) is 7. The number of aryl methyl sites for hydroxylation is 4. The van der Waals surface area contributed by atoms with Gasteiger partial charge in [0, 0.05) is 51.5 Å². The van der Waals surface area contributed by atoms with Crippen molar-refractivity contribution in [1.29, 1.82) is 0 Å². The third-order valence-electron chi connectivity index (χ3n) is 13.4. The molecule has 0 aliphatic heterocycles. The number of methoxy groups -OCH3 is 4. The van der Waals surface area contributed by atoms with Crippen LogP contribution in [0.15, 0.2) is 43.8 Å². The number of nitrogens with zero attached hydrogens (tertiary/aromatic N) is 3. The van der Waals surface area contributed by atoms with Gasteiger partial charge in [-0.25, -0.2) is 43.3 Å². The third kappa shape index (κ3) is 20.5. The summed E-state index contributed by atoms with van der Waals surface area (Å²) in [6, 6.07) is 6.83. The smallest absolute Gasteiger partial charge is 0.332 e. The number of likely N-dealkylation sites (N-methyl/N-ethyl adjacent to an activating group) is 3. The highest BCUT2D eigenvalue weighted by atomic mass is 35.7. The molecular formula is C57H88ClN3O19S4. The van der Waals surface area contributed by atoms with E-state index in [1.165, 1.54) is 25.4 Å². The number of halogens is 1. The van der Waals surface area contributed by atoms with Crippen molar-refractivity contribution in [2.75, 3.05) is 102 Å². The van der Waals surface area contributed by atoms with Crippen LogP contribution in [0.3, 0.4) is 0 Å². The summed E-state index contributed by atoms with van der Waals surface area (Å²) in [6.45, 7) is 26.0. The number of sulfonamides is 3. The van der Waals surface area contributed by atoms with Gasteiger partial charge in [-0.1, -0.05) is 0 Å². The first kappa shape index (κ1) is 76.9. The number of carbonyl (C=O) groups excluding carboxylic acids is 1. The number of esters is 1. The SMILES string of the molecule is COc1cc(C)c(S(=O)(=O)Cl)c(C)c1C.COc1cc(C)c(S(=O)(=O)N(C)CCO)c(C)c1C.COc1cc(C)c(S(=O)(=O)N(C)CCOCC(=O)O)c(C)c1C.COc1cc(C)c(S(=O)(=O)N(C)CCOCC(=O)OC(C)(C)C)c(C)c1C. The molecule has 0 bridgehead atoms. The van der Waals surface area contributed by atoms with Gasteiger partial charge in [-0.05, 0) is 195 Å². The molecule has 476 valence electrons. The molecule has 0 aliphatic carbocycles. The fourth-order valence-electron chi connectivity index (χ4n) is 8.54. The third-order valence-corrected chi connectivity index (χ3v) is 21.4. The van der Waals surface area contributed by atoms with Crippen LogP contribution in [0.2, 0.25) is 0 Å². The van der Waals surface area contributed by atoms with Gasteiger partial charge in [0.15, 0.2) is 0 Å². The molecule has 0 saturated heterocycles. The van der Waals surface area contributed by atoms with Crippen molar-refractivity contribution >= 4 is 61.7 Å². The van der Waals surface area contributed by atoms with Crippen molar-refractivity contribution < 1.29 is 86.6 Å². The quantitative estimate of drug-likeness (QED) is 0.0408. The molecule has 0 saturated carbocycles. The number of aliphatic carboxylic acids is 1. The lowest BCUT2D eigenvalue weighted by molar-refractivity contribution is -0.160. The highest BCUT2D eigenvalue weighted by Gasteiger charge is 2.30. The van der Waals surface area contributed by atoms with E-state index in [4.69, 9.17) is 54.1 Å². The van der Waals surface area contributed by atoms with Crippen molar-refractivity contribution in [1.82, 2.24) is 12.9 Å². The van der Waals surface area contributed by atoms with Crippen molar-refractivity contribution in [2.24, 2.45) is 0 Å². The maximum Gasteiger partial charge on any atom is 0.332 e. The molecule has 0 aromatic heterocycles. The summed E-state index contributed by atoms with van der Waals surface area (Å²) in [6.07, 6.45) is 0. The van der Waals surface area contributed by atoms with E-state index in [1.54, 1.807) is 136 Å². The fourth-order valence-corrected chi connectivity index (χ4v) is 15.1. The topological polar surface area (TPSA) is 285 Å². The molecular weight excluding hydrogens is 1190 g/mol. The summed E-state index contributed by atoms with van der Waals surface area (Å²) in [5.74, 6) is 1.09. The van der Waals surface area contributed by atoms with Gasteiger partial charge in [-0.15, -0.1) is 0 Å². The summed E-state index contributed by atoms with van der Waals surface area (Å²) in [7, 11) is 1.30. The second kappa shape index (κ2) is 32.6. The highest BCUT2D eigenvalue weighted by molar-refractivity contribution is 8.13. The van der Waals surface area contributed by atoms with Crippen LogP contribution in [0.4, 0.5) is 0 Å². The Labute approximate surface area is 503 Å². The lowest BCUT2D eigenvalue weighted by atomic mass is 10.1. The van der Waals surface area contributed by atoms with Crippen LogP contribution in [-0.4, -0.2) is 177 Å². The molecule has 0 spiro atoms. The van der Waals surface area contributed by atoms with E-state index in [0.717, 1.165) is 30.9 Å². The van der Waals surface area contributed by atoms with Crippen LogP contribution in [-0.2, 0) is 62.9 Å². The number of benzene rings is 4. The summed E-state index contributed by atoms with van der Waals surface area (Å²) >= 11 is 0. The van der Waals surface area contributed by atoms with E-state index < -0.39 is 63.3 Å². The average molecular weight is 1280 g/mol. The van der Waals surface area contributed by atoms with Crippen LogP contribution in [0.1, 0.15) is 87.5 Å². The minimum Gasteiger partial charge on any atom is -0.496 e. The molecule has 2 N–H and O–H groups in total. The van der Waals surface area contributed by atoms with Crippen LogP contribution < -0.4 is 18.9 Å². The summed E-state index contributed by atoms with van der Waals surface area (Å²) < 4.78 is 139. The predicted molar refractivity (Wildman–Crippen MR) is 324 cm³/mol. The van der Waals surface area contributed by atoms with Gasteiger partial charge in [-0.3, -0.25) is 0 Å². The Kier molecular flexibility index (Phi) is 29.8. The Morgan fingerprint density at radius 2 is 0.726 bits per heavy atom. The van der Waals surface area contributed by atoms with E-state index in [2.05, 4.69) is 0 Å². The zero-order valence-electron chi connectivity index (χ0n) is 52.7. The first-order valence-electron chi connectivity index (χ1n) is 26.1. The maximum absolute atomic E-state index is 13.0. The predicted octanol–water partition coefficient (Wildman–Crippen LogP) is 7.72. The first-order chi connectivity index (χ1) is 38.5. The molecule has 0 fully saturated rings. The number of aliphatic hydroxyl groups is 1. The first-order valence-corrected chi connectivity index (χ1v) is 32.7. The Morgan fingerprint density at radius 1 is 0.464 bits per heavy atom. The zero-order chi connectivity index (χ0) is 65.4. The Bertz CT molecular complexity index is 3420. The molecule has 4 rings (SSSR count). The fraction of sp³-hybridized carbons (Fsp3) is 0.544. The zero-order valence-corrected chi connectivity index (χ0v) is 56.7. The largest absolute Gasteiger partial charge is 0.496 e. The Hall–Kier alpha value is -5.13. The second-order valence-corrected chi connectivity index (χ2v) is 29.1. The van der Waals surface area contributed by atoms with Crippen LogP contribution in [0, 0.1) is 83.1 Å². The van der Waals surface area contributed by atoms with Crippen LogP contribution >= 0.6 is 10.7 Å². The highest BCUT2D eigenvalue weighted by Crippen LogP contribution is 2.36. The molecule has 0 heterocycles.